The Hall–Kier alpha value is -2.40. The van der Waals surface area contributed by atoms with Crippen molar-refractivity contribution < 1.29 is 4.39 Å². The third-order valence-electron chi connectivity index (χ3n) is 4.11. The molecule has 1 fully saturated rings. The Balaban J connectivity index is 1.92. The molecular formula is C18H21FN4. The smallest absolute Gasteiger partial charge is 0.196 e. The molecule has 5 heteroatoms. The number of piperazine rings is 1. The van der Waals surface area contributed by atoms with Crippen molar-refractivity contribution in [3.05, 3.63) is 54.3 Å². The molecule has 0 radical (unpaired) electrons. The molecule has 120 valence electrons. The summed E-state index contributed by atoms with van der Waals surface area (Å²) in [7, 11) is 2.09. The molecule has 2 aromatic rings. The van der Waals surface area contributed by atoms with Crippen LogP contribution in [-0.2, 0) is 0 Å². The molecule has 3 rings (SSSR count). The lowest BCUT2D eigenvalue weighted by Gasteiger charge is -2.33. The monoisotopic (exact) mass is 312 g/mol. The minimum absolute atomic E-state index is 0.311. The number of halogens is 1. The van der Waals surface area contributed by atoms with Crippen molar-refractivity contribution in [1.29, 1.82) is 0 Å². The Labute approximate surface area is 136 Å². The van der Waals surface area contributed by atoms with Crippen molar-refractivity contribution in [3.8, 4) is 11.1 Å². The van der Waals surface area contributed by atoms with Gasteiger partial charge in [0, 0.05) is 37.8 Å². The summed E-state index contributed by atoms with van der Waals surface area (Å²) < 4.78 is 13.7. The molecule has 0 saturated carbocycles. The van der Waals surface area contributed by atoms with Crippen LogP contribution >= 0.6 is 0 Å². The van der Waals surface area contributed by atoms with Gasteiger partial charge in [0.1, 0.15) is 5.82 Å². The Morgan fingerprint density at radius 3 is 2.43 bits per heavy atom. The van der Waals surface area contributed by atoms with Crippen molar-refractivity contribution in [3.63, 3.8) is 0 Å². The first-order valence-corrected chi connectivity index (χ1v) is 7.76. The zero-order valence-corrected chi connectivity index (χ0v) is 13.2. The number of hydrogen-bond donors (Lipinski definition) is 1. The van der Waals surface area contributed by atoms with Gasteiger partial charge in [-0.2, -0.15) is 0 Å². The number of nitrogens with zero attached hydrogens (tertiary/aromatic N) is 3. The Morgan fingerprint density at radius 1 is 1.04 bits per heavy atom. The highest BCUT2D eigenvalue weighted by Crippen LogP contribution is 2.31. The van der Waals surface area contributed by atoms with Gasteiger partial charge >= 0.3 is 0 Å². The zero-order chi connectivity index (χ0) is 16.2. The summed E-state index contributed by atoms with van der Waals surface area (Å²) in [5.74, 6) is 0.135. The van der Waals surface area contributed by atoms with Crippen LogP contribution < -0.4 is 5.73 Å². The Kier molecular flexibility index (Phi) is 4.57. The first-order valence-electron chi connectivity index (χ1n) is 7.76. The fourth-order valence-electron chi connectivity index (χ4n) is 2.69. The number of rotatable bonds is 2. The predicted octanol–water partition coefficient (Wildman–Crippen LogP) is 2.69. The van der Waals surface area contributed by atoms with Gasteiger partial charge < -0.3 is 15.5 Å². The largest absolute Gasteiger partial charge is 0.369 e. The fourth-order valence-corrected chi connectivity index (χ4v) is 2.69. The van der Waals surface area contributed by atoms with Crippen molar-refractivity contribution in [2.45, 2.75) is 0 Å². The average molecular weight is 312 g/mol. The summed E-state index contributed by atoms with van der Waals surface area (Å²) in [6.45, 7) is 3.57. The molecule has 23 heavy (non-hydrogen) atoms. The van der Waals surface area contributed by atoms with Crippen LogP contribution in [0.5, 0.6) is 0 Å². The van der Waals surface area contributed by atoms with Crippen molar-refractivity contribution in [2.75, 3.05) is 33.2 Å². The molecule has 0 atom stereocenters. The Bertz CT molecular complexity index is 691. The molecule has 1 aliphatic heterocycles. The number of likely N-dealkylation sites (N-methyl/N-ethyl adjacent to an activating group) is 1. The van der Waals surface area contributed by atoms with E-state index >= 15 is 0 Å². The van der Waals surface area contributed by atoms with E-state index in [0.29, 0.717) is 11.6 Å². The molecular weight excluding hydrogens is 291 g/mol. The maximum absolute atomic E-state index is 13.7. The van der Waals surface area contributed by atoms with Crippen molar-refractivity contribution in [2.24, 2.45) is 10.7 Å². The van der Waals surface area contributed by atoms with Crippen LogP contribution in [0.1, 0.15) is 0 Å². The molecule has 1 aliphatic rings. The van der Waals surface area contributed by atoms with Gasteiger partial charge in [-0.3, -0.25) is 0 Å². The number of benzene rings is 2. The van der Waals surface area contributed by atoms with Gasteiger partial charge in [-0.25, -0.2) is 9.38 Å². The first-order chi connectivity index (χ1) is 11.1. The summed E-state index contributed by atoms with van der Waals surface area (Å²) in [6, 6.07) is 14.5. The Morgan fingerprint density at radius 2 is 1.74 bits per heavy atom. The molecule has 0 aliphatic carbocycles. The molecule has 2 N–H and O–H groups in total. The van der Waals surface area contributed by atoms with Gasteiger partial charge in [0.25, 0.3) is 0 Å². The minimum atomic E-state index is -0.311. The quantitative estimate of drug-likeness (QED) is 0.685. The standard InChI is InChI=1S/C18H21FN4/c1-22-9-11-23(12-10-22)18(20)21-17-13-15(19)7-8-16(17)14-5-3-2-4-6-14/h2-8,13H,9-12H2,1H3,(H2,20,21). The lowest BCUT2D eigenvalue weighted by Crippen LogP contribution is -2.49. The van der Waals surface area contributed by atoms with Gasteiger partial charge in [0.15, 0.2) is 5.96 Å². The van der Waals surface area contributed by atoms with Crippen LogP contribution in [0.15, 0.2) is 53.5 Å². The normalized spacial score (nSPS) is 16.6. The van der Waals surface area contributed by atoms with Crippen LogP contribution in [0.3, 0.4) is 0 Å². The third kappa shape index (κ3) is 3.68. The summed E-state index contributed by atoms with van der Waals surface area (Å²) in [6.07, 6.45) is 0. The van der Waals surface area contributed by atoms with Gasteiger partial charge in [-0.15, -0.1) is 0 Å². The molecule has 4 nitrogen and oxygen atoms in total. The van der Waals surface area contributed by atoms with E-state index in [0.717, 1.165) is 37.3 Å². The number of hydrogen-bond acceptors (Lipinski definition) is 2. The molecule has 0 aromatic heterocycles. The van der Waals surface area contributed by atoms with Crippen molar-refractivity contribution >= 4 is 11.6 Å². The minimum Gasteiger partial charge on any atom is -0.369 e. The fraction of sp³-hybridized carbons (Fsp3) is 0.278. The van der Waals surface area contributed by atoms with Crippen LogP contribution in [-0.4, -0.2) is 49.0 Å². The summed E-state index contributed by atoms with van der Waals surface area (Å²) >= 11 is 0. The molecule has 0 amide bonds. The van der Waals surface area contributed by atoms with Crippen LogP contribution in [0.2, 0.25) is 0 Å². The summed E-state index contributed by atoms with van der Waals surface area (Å²) in [4.78, 5) is 8.80. The lowest BCUT2D eigenvalue weighted by atomic mass is 10.0. The van der Waals surface area contributed by atoms with E-state index in [1.54, 1.807) is 6.07 Å². The second kappa shape index (κ2) is 6.79. The SMILES string of the molecule is CN1CCN(C(N)=Nc2cc(F)ccc2-c2ccccc2)CC1. The predicted molar refractivity (Wildman–Crippen MR) is 92.2 cm³/mol. The second-order valence-electron chi connectivity index (χ2n) is 5.79. The lowest BCUT2D eigenvalue weighted by molar-refractivity contribution is 0.214. The van der Waals surface area contributed by atoms with E-state index in [2.05, 4.69) is 16.9 Å². The molecule has 0 unspecified atom stereocenters. The molecule has 1 saturated heterocycles. The van der Waals surface area contributed by atoms with E-state index in [4.69, 9.17) is 5.73 Å². The topological polar surface area (TPSA) is 44.9 Å². The van der Waals surface area contributed by atoms with Crippen molar-refractivity contribution in [1.82, 2.24) is 9.80 Å². The third-order valence-corrected chi connectivity index (χ3v) is 4.11. The highest BCUT2D eigenvalue weighted by atomic mass is 19.1. The number of aliphatic imine (C=N–C) groups is 1. The van der Waals surface area contributed by atoms with Crippen LogP contribution in [0.4, 0.5) is 10.1 Å². The molecule has 1 heterocycles. The van der Waals surface area contributed by atoms with E-state index in [1.165, 1.54) is 12.1 Å². The van der Waals surface area contributed by atoms with Crippen LogP contribution in [0, 0.1) is 5.82 Å². The van der Waals surface area contributed by atoms with Gasteiger partial charge in [0.2, 0.25) is 0 Å². The summed E-state index contributed by atoms with van der Waals surface area (Å²) in [5, 5.41) is 0. The average Bonchev–Trinajstić information content (AvgIpc) is 2.56. The van der Waals surface area contributed by atoms with E-state index in [-0.39, 0.29) is 5.82 Å². The molecule has 0 spiro atoms. The molecule has 2 aromatic carbocycles. The molecule has 0 bridgehead atoms. The number of nitrogens with two attached hydrogens (primary N) is 1. The first kappa shape index (κ1) is 15.5. The maximum atomic E-state index is 13.7. The second-order valence-corrected chi connectivity index (χ2v) is 5.79. The van der Waals surface area contributed by atoms with Crippen LogP contribution in [0.25, 0.3) is 11.1 Å². The highest BCUT2D eigenvalue weighted by molar-refractivity contribution is 5.85. The van der Waals surface area contributed by atoms with Gasteiger partial charge in [0.05, 0.1) is 5.69 Å². The van der Waals surface area contributed by atoms with E-state index in [9.17, 15) is 4.39 Å². The van der Waals surface area contributed by atoms with Gasteiger partial charge in [-0.05, 0) is 24.7 Å². The van der Waals surface area contributed by atoms with E-state index in [1.807, 2.05) is 35.2 Å². The highest BCUT2D eigenvalue weighted by Gasteiger charge is 2.16. The van der Waals surface area contributed by atoms with Gasteiger partial charge in [-0.1, -0.05) is 30.3 Å². The number of guanidine groups is 1. The van der Waals surface area contributed by atoms with E-state index < -0.39 is 0 Å². The summed E-state index contributed by atoms with van der Waals surface area (Å²) in [5.41, 5.74) is 8.60. The maximum Gasteiger partial charge on any atom is 0.196 e. The zero-order valence-electron chi connectivity index (χ0n) is 13.2.